The van der Waals surface area contributed by atoms with Crippen LogP contribution in [0.2, 0.25) is 0 Å². The number of aromatic nitrogens is 1. The molecule has 0 saturated heterocycles. The maximum atomic E-state index is 12.7. The van der Waals surface area contributed by atoms with Crippen molar-refractivity contribution >= 4 is 64.2 Å². The van der Waals surface area contributed by atoms with Crippen molar-refractivity contribution in [3.63, 3.8) is 0 Å². The first-order valence-corrected chi connectivity index (χ1v) is 11.9. The Morgan fingerprint density at radius 1 is 1.13 bits per heavy atom. The van der Waals surface area contributed by atoms with Crippen LogP contribution in [0.25, 0.3) is 32.0 Å². The van der Waals surface area contributed by atoms with Crippen LogP contribution in [0.5, 0.6) is 0 Å². The number of benzene rings is 3. The number of thiazole rings is 1. The van der Waals surface area contributed by atoms with E-state index < -0.39 is 9.84 Å². The summed E-state index contributed by atoms with van der Waals surface area (Å²) in [5, 5.41) is 6.31. The third-order valence-electron chi connectivity index (χ3n) is 4.93. The van der Waals surface area contributed by atoms with Crippen LogP contribution in [0.4, 0.5) is 5.13 Å². The van der Waals surface area contributed by atoms with Gasteiger partial charge in [0.15, 0.2) is 15.0 Å². The monoisotopic (exact) mass is 436 g/mol. The second kappa shape index (κ2) is 6.93. The summed E-state index contributed by atoms with van der Waals surface area (Å²) in [6.45, 7) is 0. The average molecular weight is 437 g/mol. The van der Waals surface area contributed by atoms with Gasteiger partial charge < -0.3 is 9.73 Å². The molecule has 30 heavy (non-hydrogen) atoms. The summed E-state index contributed by atoms with van der Waals surface area (Å²) < 4.78 is 29.8. The van der Waals surface area contributed by atoms with Crippen molar-refractivity contribution in [3.8, 4) is 0 Å². The van der Waals surface area contributed by atoms with Crippen LogP contribution in [0.15, 0.2) is 70.2 Å². The Hall–Kier alpha value is -3.23. The minimum atomic E-state index is -3.30. The highest BCUT2D eigenvalue weighted by molar-refractivity contribution is 7.90. The van der Waals surface area contributed by atoms with Crippen molar-refractivity contribution in [1.29, 1.82) is 0 Å². The van der Waals surface area contributed by atoms with Crippen LogP contribution in [-0.4, -0.2) is 25.6 Å². The van der Waals surface area contributed by atoms with Crippen LogP contribution in [0.3, 0.4) is 0 Å². The van der Waals surface area contributed by atoms with Gasteiger partial charge in [-0.1, -0.05) is 41.7 Å². The van der Waals surface area contributed by atoms with Gasteiger partial charge in [0.1, 0.15) is 5.58 Å². The number of nitrogens with zero attached hydrogens (tertiary/aromatic N) is 1. The maximum absolute atomic E-state index is 12.7. The molecule has 1 N–H and O–H groups in total. The SMILES string of the molecule is CS(=O)(=O)c1ccc2nc(NC(=O)Cc3coc4ccc5ccccc5c34)sc2c1. The molecule has 0 aliphatic heterocycles. The van der Waals surface area contributed by atoms with Gasteiger partial charge in [-0.2, -0.15) is 0 Å². The number of nitrogens with one attached hydrogen (secondary N) is 1. The van der Waals surface area contributed by atoms with Gasteiger partial charge in [-0.05, 0) is 35.0 Å². The Balaban J connectivity index is 1.43. The summed E-state index contributed by atoms with van der Waals surface area (Å²) in [6.07, 6.45) is 2.93. The van der Waals surface area contributed by atoms with Crippen LogP contribution in [0.1, 0.15) is 5.56 Å². The molecule has 0 aliphatic carbocycles. The van der Waals surface area contributed by atoms with E-state index in [9.17, 15) is 13.2 Å². The number of carbonyl (C=O) groups excluding carboxylic acids is 1. The van der Waals surface area contributed by atoms with Crippen LogP contribution < -0.4 is 5.32 Å². The van der Waals surface area contributed by atoms with E-state index in [-0.39, 0.29) is 17.2 Å². The predicted octanol–water partition coefficient (Wildman–Crippen LogP) is 4.78. The van der Waals surface area contributed by atoms with Gasteiger partial charge in [0.25, 0.3) is 0 Å². The van der Waals surface area contributed by atoms with E-state index in [1.54, 1.807) is 18.4 Å². The van der Waals surface area contributed by atoms with Crippen molar-refractivity contribution in [2.75, 3.05) is 11.6 Å². The number of furan rings is 1. The minimum Gasteiger partial charge on any atom is -0.464 e. The zero-order chi connectivity index (χ0) is 20.9. The van der Waals surface area contributed by atoms with E-state index in [0.717, 1.165) is 33.6 Å². The fraction of sp³-hybridized carbons (Fsp3) is 0.0909. The average Bonchev–Trinajstić information content (AvgIpc) is 3.30. The van der Waals surface area contributed by atoms with E-state index in [1.165, 1.54) is 17.4 Å². The molecule has 5 aromatic rings. The number of hydrogen-bond acceptors (Lipinski definition) is 6. The highest BCUT2D eigenvalue weighted by Crippen LogP contribution is 2.31. The van der Waals surface area contributed by atoms with Gasteiger partial charge in [-0.25, -0.2) is 13.4 Å². The lowest BCUT2D eigenvalue weighted by molar-refractivity contribution is -0.115. The molecule has 0 spiro atoms. The zero-order valence-electron chi connectivity index (χ0n) is 15.9. The number of sulfone groups is 1. The molecule has 6 nitrogen and oxygen atoms in total. The lowest BCUT2D eigenvalue weighted by Crippen LogP contribution is -2.13. The van der Waals surface area contributed by atoms with E-state index in [0.29, 0.717) is 15.3 Å². The van der Waals surface area contributed by atoms with Crippen LogP contribution in [0, 0.1) is 0 Å². The molecule has 0 bridgehead atoms. The van der Waals surface area contributed by atoms with E-state index >= 15 is 0 Å². The zero-order valence-corrected chi connectivity index (χ0v) is 17.5. The fourth-order valence-corrected chi connectivity index (χ4v) is 5.17. The fourth-order valence-electron chi connectivity index (χ4n) is 3.53. The van der Waals surface area contributed by atoms with E-state index in [2.05, 4.69) is 10.3 Å². The number of fused-ring (bicyclic) bond motifs is 4. The summed E-state index contributed by atoms with van der Waals surface area (Å²) >= 11 is 1.24. The number of hydrogen-bond donors (Lipinski definition) is 1. The Morgan fingerprint density at radius 3 is 2.80 bits per heavy atom. The van der Waals surface area contributed by atoms with Gasteiger partial charge in [-0.15, -0.1) is 0 Å². The van der Waals surface area contributed by atoms with Gasteiger partial charge in [0.05, 0.1) is 27.8 Å². The summed E-state index contributed by atoms with van der Waals surface area (Å²) in [5.74, 6) is -0.215. The standard InChI is InChI=1S/C22H16N2O4S2/c1-30(26,27)15-7-8-17-19(11-15)29-22(23-17)24-20(25)10-14-12-28-18-9-6-13-4-2-3-5-16(13)21(14)18/h2-9,11-12H,10H2,1H3,(H,23,24,25). The molecular formula is C22H16N2O4S2. The topological polar surface area (TPSA) is 89.3 Å². The first kappa shape index (κ1) is 18.8. The number of carbonyl (C=O) groups is 1. The molecule has 150 valence electrons. The molecule has 0 fully saturated rings. The largest absolute Gasteiger partial charge is 0.464 e. The molecule has 0 saturated carbocycles. The van der Waals surface area contributed by atoms with Gasteiger partial charge >= 0.3 is 0 Å². The van der Waals surface area contributed by atoms with Crippen molar-refractivity contribution in [3.05, 3.63) is 66.4 Å². The Bertz CT molecular complexity index is 1550. The number of anilines is 1. The molecule has 0 radical (unpaired) electrons. The lowest BCUT2D eigenvalue weighted by atomic mass is 10.0. The van der Waals surface area contributed by atoms with Crippen molar-refractivity contribution in [1.82, 2.24) is 4.98 Å². The van der Waals surface area contributed by atoms with Crippen molar-refractivity contribution in [2.24, 2.45) is 0 Å². The third kappa shape index (κ3) is 3.34. The highest BCUT2D eigenvalue weighted by Gasteiger charge is 2.15. The molecular weight excluding hydrogens is 420 g/mol. The Labute approximate surface area is 176 Å². The molecule has 3 aromatic carbocycles. The number of rotatable bonds is 4. The lowest BCUT2D eigenvalue weighted by Gasteiger charge is -2.03. The van der Waals surface area contributed by atoms with E-state index in [1.807, 2.05) is 36.4 Å². The van der Waals surface area contributed by atoms with Crippen molar-refractivity contribution in [2.45, 2.75) is 11.3 Å². The summed E-state index contributed by atoms with van der Waals surface area (Å²) in [7, 11) is -3.30. The number of amides is 1. The first-order valence-electron chi connectivity index (χ1n) is 9.17. The smallest absolute Gasteiger partial charge is 0.230 e. The van der Waals surface area contributed by atoms with Crippen LogP contribution >= 0.6 is 11.3 Å². The first-order chi connectivity index (χ1) is 14.4. The molecule has 5 rings (SSSR count). The molecule has 0 unspecified atom stereocenters. The van der Waals surface area contributed by atoms with E-state index in [4.69, 9.17) is 4.42 Å². The minimum absolute atomic E-state index is 0.144. The highest BCUT2D eigenvalue weighted by atomic mass is 32.2. The molecule has 0 aliphatic rings. The molecule has 1 amide bonds. The summed E-state index contributed by atoms with van der Waals surface area (Å²) in [6, 6.07) is 16.6. The third-order valence-corrected chi connectivity index (χ3v) is 6.97. The Kier molecular flexibility index (Phi) is 4.34. The van der Waals surface area contributed by atoms with Gasteiger partial charge in [-0.3, -0.25) is 4.79 Å². The molecule has 0 atom stereocenters. The van der Waals surface area contributed by atoms with Gasteiger partial charge in [0.2, 0.25) is 5.91 Å². The molecule has 2 heterocycles. The summed E-state index contributed by atoms with van der Waals surface area (Å²) in [5.41, 5.74) is 2.19. The predicted molar refractivity (Wildman–Crippen MR) is 119 cm³/mol. The molecule has 2 aromatic heterocycles. The van der Waals surface area contributed by atoms with Crippen LogP contribution in [-0.2, 0) is 21.1 Å². The summed E-state index contributed by atoms with van der Waals surface area (Å²) in [4.78, 5) is 17.3. The van der Waals surface area contributed by atoms with Gasteiger partial charge in [0, 0.05) is 17.2 Å². The van der Waals surface area contributed by atoms with Crippen molar-refractivity contribution < 1.29 is 17.6 Å². The Morgan fingerprint density at radius 2 is 1.97 bits per heavy atom. The second-order valence-corrected chi connectivity index (χ2v) is 10.1. The normalized spacial score (nSPS) is 12.0. The molecule has 8 heteroatoms. The quantitative estimate of drug-likeness (QED) is 0.438. The maximum Gasteiger partial charge on any atom is 0.230 e. The second-order valence-electron chi connectivity index (χ2n) is 7.07.